The molecule has 0 saturated heterocycles. The number of rotatable bonds is 4. The van der Waals surface area contributed by atoms with Gasteiger partial charge in [0, 0.05) is 0 Å². The van der Waals surface area contributed by atoms with E-state index in [0.29, 0.717) is 24.4 Å². The SMILES string of the molecule is CCC1CCC(NC(=O)c2cccc3c2OC(C)C(=O)N3)(C(=O)O)CC1. The predicted molar refractivity (Wildman–Crippen MR) is 95.2 cm³/mol. The van der Waals surface area contributed by atoms with E-state index in [9.17, 15) is 19.5 Å². The van der Waals surface area contributed by atoms with Gasteiger partial charge in [-0.2, -0.15) is 0 Å². The van der Waals surface area contributed by atoms with Crippen LogP contribution in [-0.4, -0.2) is 34.5 Å². The van der Waals surface area contributed by atoms with Gasteiger partial charge in [0.15, 0.2) is 11.9 Å². The highest BCUT2D eigenvalue weighted by molar-refractivity contribution is 6.05. The van der Waals surface area contributed by atoms with Gasteiger partial charge in [0.05, 0.1) is 11.3 Å². The van der Waals surface area contributed by atoms with E-state index in [4.69, 9.17) is 4.74 Å². The predicted octanol–water partition coefficient (Wildman–Crippen LogP) is 2.56. The standard InChI is InChI=1S/C19H24N2O5/c1-3-12-7-9-19(10-8-12,18(24)25)21-17(23)13-5-4-6-14-15(13)26-11(2)16(22)20-14/h4-6,11-12H,3,7-10H2,1-2H3,(H,20,22)(H,21,23)(H,24,25). The molecule has 1 aromatic carbocycles. The Morgan fingerprint density at radius 1 is 1.35 bits per heavy atom. The van der Waals surface area contributed by atoms with Crippen molar-refractivity contribution in [1.29, 1.82) is 0 Å². The summed E-state index contributed by atoms with van der Waals surface area (Å²) in [5, 5.41) is 15.2. The van der Waals surface area contributed by atoms with Crippen molar-refractivity contribution in [3.8, 4) is 5.75 Å². The van der Waals surface area contributed by atoms with E-state index in [1.165, 1.54) is 0 Å². The number of carbonyl (C=O) groups excluding carboxylic acids is 2. The van der Waals surface area contributed by atoms with Gasteiger partial charge in [0.25, 0.3) is 11.8 Å². The number of benzene rings is 1. The lowest BCUT2D eigenvalue weighted by molar-refractivity contribution is -0.146. The Kier molecular flexibility index (Phi) is 4.89. The fraction of sp³-hybridized carbons (Fsp3) is 0.526. The Morgan fingerprint density at radius 2 is 2.04 bits per heavy atom. The van der Waals surface area contributed by atoms with E-state index in [-0.39, 0.29) is 17.2 Å². The molecule has 2 aliphatic rings. The zero-order valence-corrected chi connectivity index (χ0v) is 15.0. The number of para-hydroxylation sites is 1. The van der Waals surface area contributed by atoms with Gasteiger partial charge >= 0.3 is 5.97 Å². The van der Waals surface area contributed by atoms with Crippen LogP contribution in [0.1, 0.15) is 56.3 Å². The molecule has 0 spiro atoms. The molecule has 1 aliphatic carbocycles. The Morgan fingerprint density at radius 3 is 2.65 bits per heavy atom. The molecule has 2 amide bonds. The fourth-order valence-corrected chi connectivity index (χ4v) is 3.66. The number of fused-ring (bicyclic) bond motifs is 1. The largest absolute Gasteiger partial charge is 0.480 e. The van der Waals surface area contributed by atoms with Gasteiger partial charge in [-0.05, 0) is 50.7 Å². The van der Waals surface area contributed by atoms with Crippen molar-refractivity contribution in [3.05, 3.63) is 23.8 Å². The van der Waals surface area contributed by atoms with Gasteiger partial charge in [-0.3, -0.25) is 9.59 Å². The molecule has 3 rings (SSSR count). The van der Waals surface area contributed by atoms with Crippen LogP contribution in [0.2, 0.25) is 0 Å². The number of amides is 2. The summed E-state index contributed by atoms with van der Waals surface area (Å²) in [6, 6.07) is 4.86. The summed E-state index contributed by atoms with van der Waals surface area (Å²) in [6.45, 7) is 3.69. The van der Waals surface area contributed by atoms with Gasteiger partial charge in [0.1, 0.15) is 5.54 Å². The van der Waals surface area contributed by atoms with Crippen molar-refractivity contribution in [3.63, 3.8) is 0 Å². The molecule has 1 atom stereocenters. The topological polar surface area (TPSA) is 105 Å². The average Bonchev–Trinajstić information content (AvgIpc) is 2.62. The van der Waals surface area contributed by atoms with E-state index in [1.807, 2.05) is 0 Å². The summed E-state index contributed by atoms with van der Waals surface area (Å²) in [4.78, 5) is 36.5. The molecule has 26 heavy (non-hydrogen) atoms. The van der Waals surface area contributed by atoms with Crippen molar-refractivity contribution in [2.75, 3.05) is 5.32 Å². The third kappa shape index (κ3) is 3.25. The number of carboxylic acids is 1. The molecule has 7 nitrogen and oxygen atoms in total. The molecule has 0 aromatic heterocycles. The molecular formula is C19H24N2O5. The Bertz CT molecular complexity index is 737. The average molecular weight is 360 g/mol. The fourth-order valence-electron chi connectivity index (χ4n) is 3.66. The van der Waals surface area contributed by atoms with Crippen LogP contribution in [0.4, 0.5) is 5.69 Å². The van der Waals surface area contributed by atoms with E-state index in [1.54, 1.807) is 25.1 Å². The molecule has 1 aromatic rings. The molecule has 1 heterocycles. The minimum absolute atomic E-state index is 0.229. The molecule has 7 heteroatoms. The van der Waals surface area contributed by atoms with Gasteiger partial charge in [-0.1, -0.05) is 19.4 Å². The van der Waals surface area contributed by atoms with Crippen molar-refractivity contribution in [2.45, 2.75) is 57.6 Å². The molecule has 0 bridgehead atoms. The first-order valence-electron chi connectivity index (χ1n) is 9.02. The third-order valence-electron chi connectivity index (χ3n) is 5.48. The van der Waals surface area contributed by atoms with Crippen LogP contribution in [-0.2, 0) is 9.59 Å². The number of aliphatic carboxylic acids is 1. The lowest BCUT2D eigenvalue weighted by Crippen LogP contribution is -2.56. The van der Waals surface area contributed by atoms with Crippen LogP contribution in [0.25, 0.3) is 0 Å². The Hall–Kier alpha value is -2.57. The Balaban J connectivity index is 1.85. The van der Waals surface area contributed by atoms with E-state index in [0.717, 1.165) is 19.3 Å². The third-order valence-corrected chi connectivity index (χ3v) is 5.48. The molecule has 1 unspecified atom stereocenters. The van der Waals surface area contributed by atoms with Crippen molar-refractivity contribution < 1.29 is 24.2 Å². The van der Waals surface area contributed by atoms with E-state index in [2.05, 4.69) is 17.6 Å². The minimum atomic E-state index is -1.25. The summed E-state index contributed by atoms with van der Waals surface area (Å²) >= 11 is 0. The number of anilines is 1. The van der Waals surface area contributed by atoms with E-state index < -0.39 is 23.5 Å². The molecule has 3 N–H and O–H groups in total. The number of hydrogen-bond donors (Lipinski definition) is 3. The zero-order chi connectivity index (χ0) is 18.9. The summed E-state index contributed by atoms with van der Waals surface area (Å²) in [7, 11) is 0. The highest BCUT2D eigenvalue weighted by Crippen LogP contribution is 2.36. The second-order valence-corrected chi connectivity index (χ2v) is 7.12. The number of hydrogen-bond acceptors (Lipinski definition) is 4. The molecule has 1 aliphatic heterocycles. The van der Waals surface area contributed by atoms with Crippen LogP contribution < -0.4 is 15.4 Å². The molecule has 140 valence electrons. The lowest BCUT2D eigenvalue weighted by atomic mass is 9.75. The highest BCUT2D eigenvalue weighted by atomic mass is 16.5. The number of nitrogens with one attached hydrogen (secondary N) is 2. The smallest absolute Gasteiger partial charge is 0.329 e. The summed E-state index contributed by atoms with van der Waals surface area (Å²) in [5.41, 5.74) is -0.609. The second kappa shape index (κ2) is 6.97. The highest BCUT2D eigenvalue weighted by Gasteiger charge is 2.43. The summed E-state index contributed by atoms with van der Waals surface area (Å²) in [5.74, 6) is -1.01. The first kappa shape index (κ1) is 18.2. The maximum Gasteiger partial charge on any atom is 0.329 e. The first-order chi connectivity index (χ1) is 12.4. The van der Waals surface area contributed by atoms with Crippen LogP contribution in [0.3, 0.4) is 0 Å². The molecule has 0 radical (unpaired) electrons. The maximum atomic E-state index is 12.9. The van der Waals surface area contributed by atoms with Crippen LogP contribution in [0.5, 0.6) is 5.75 Å². The van der Waals surface area contributed by atoms with Gasteiger partial charge in [-0.15, -0.1) is 0 Å². The second-order valence-electron chi connectivity index (χ2n) is 7.12. The summed E-state index contributed by atoms with van der Waals surface area (Å²) < 4.78 is 5.59. The maximum absolute atomic E-state index is 12.9. The van der Waals surface area contributed by atoms with Gasteiger partial charge in [0.2, 0.25) is 0 Å². The van der Waals surface area contributed by atoms with Crippen LogP contribution in [0, 0.1) is 5.92 Å². The van der Waals surface area contributed by atoms with Crippen molar-refractivity contribution in [2.24, 2.45) is 5.92 Å². The number of ether oxygens (including phenoxy) is 1. The lowest BCUT2D eigenvalue weighted by Gasteiger charge is -2.37. The number of carbonyl (C=O) groups is 3. The first-order valence-corrected chi connectivity index (χ1v) is 9.02. The number of carboxylic acid groups (broad SMARTS) is 1. The molecule has 1 fully saturated rings. The van der Waals surface area contributed by atoms with Crippen LogP contribution in [0.15, 0.2) is 18.2 Å². The minimum Gasteiger partial charge on any atom is -0.480 e. The quantitative estimate of drug-likeness (QED) is 0.765. The van der Waals surface area contributed by atoms with Gasteiger partial charge in [-0.25, -0.2) is 4.79 Å². The summed E-state index contributed by atoms with van der Waals surface area (Å²) in [6.07, 6.45) is 2.68. The normalized spacial score (nSPS) is 27.7. The van der Waals surface area contributed by atoms with Gasteiger partial charge < -0.3 is 20.5 Å². The van der Waals surface area contributed by atoms with E-state index >= 15 is 0 Å². The van der Waals surface area contributed by atoms with Crippen LogP contribution >= 0.6 is 0 Å². The zero-order valence-electron chi connectivity index (χ0n) is 15.0. The molecular weight excluding hydrogens is 336 g/mol. The van der Waals surface area contributed by atoms with Crippen molar-refractivity contribution in [1.82, 2.24) is 5.32 Å². The monoisotopic (exact) mass is 360 g/mol. The molecule has 1 saturated carbocycles. The Labute approximate surface area is 152 Å². The van der Waals surface area contributed by atoms with Crippen molar-refractivity contribution >= 4 is 23.5 Å².